The molecule has 6 heteroatoms. The Morgan fingerprint density at radius 2 is 2.27 bits per heavy atom. The van der Waals surface area contributed by atoms with Crippen molar-refractivity contribution >= 4 is 16.1 Å². The Hall–Kier alpha value is -1.17. The van der Waals surface area contributed by atoms with E-state index in [1.807, 2.05) is 0 Å². The average molecular weight is 230 g/mol. The molecule has 0 radical (unpaired) electrons. The van der Waals surface area contributed by atoms with Crippen molar-refractivity contribution in [2.75, 3.05) is 11.5 Å². The lowest BCUT2D eigenvalue weighted by Crippen LogP contribution is -2.10. The first-order valence-electron chi connectivity index (χ1n) is 4.75. The lowest BCUT2D eigenvalue weighted by Gasteiger charge is -2.01. The first-order valence-corrected chi connectivity index (χ1v) is 6.57. The van der Waals surface area contributed by atoms with E-state index in [2.05, 4.69) is 4.98 Å². The van der Waals surface area contributed by atoms with Gasteiger partial charge in [0.05, 0.1) is 12.1 Å². The van der Waals surface area contributed by atoms with Crippen LogP contribution in [0.1, 0.15) is 23.8 Å². The van der Waals surface area contributed by atoms with E-state index in [1.54, 1.807) is 17.7 Å². The molecule has 0 bridgehead atoms. The minimum Gasteiger partial charge on any atom is -0.337 e. The number of hydrogen-bond acceptors (Lipinski definition) is 4. The number of aryl methyl sites for hydroxylation is 1. The second kappa shape index (κ2) is 5.06. The van der Waals surface area contributed by atoms with Gasteiger partial charge in [-0.15, -0.1) is 0 Å². The molecule has 0 amide bonds. The third-order valence-corrected chi connectivity index (χ3v) is 3.88. The summed E-state index contributed by atoms with van der Waals surface area (Å²) in [6.45, 7) is 2.21. The van der Waals surface area contributed by atoms with Crippen molar-refractivity contribution in [1.82, 2.24) is 9.55 Å². The van der Waals surface area contributed by atoms with Crippen LogP contribution in [0.25, 0.3) is 0 Å². The zero-order chi connectivity index (χ0) is 11.3. The fraction of sp³-hybridized carbons (Fsp3) is 0.556. The Kier molecular flexibility index (Phi) is 4.02. The Labute approximate surface area is 89.0 Å². The molecule has 15 heavy (non-hydrogen) atoms. The number of sulfone groups is 1. The Morgan fingerprint density at radius 3 is 2.80 bits per heavy atom. The van der Waals surface area contributed by atoms with Gasteiger partial charge in [-0.3, -0.25) is 4.79 Å². The third-order valence-electron chi connectivity index (χ3n) is 2.09. The number of carbonyl (C=O) groups excluding carboxylic acids is 1. The van der Waals surface area contributed by atoms with Crippen LogP contribution < -0.4 is 0 Å². The second-order valence-electron chi connectivity index (χ2n) is 3.24. The van der Waals surface area contributed by atoms with Gasteiger partial charge in [0, 0.05) is 18.5 Å². The lowest BCUT2D eigenvalue weighted by atomic mass is 10.5. The molecular formula is C9H14N2O3S. The summed E-state index contributed by atoms with van der Waals surface area (Å²) in [5.74, 6) is 0.356. The third kappa shape index (κ3) is 3.83. The smallest absolute Gasteiger partial charge is 0.169 e. The number of nitrogens with zero attached hydrogens (tertiary/aromatic N) is 2. The van der Waals surface area contributed by atoms with E-state index < -0.39 is 9.84 Å². The molecule has 1 aromatic heterocycles. The van der Waals surface area contributed by atoms with Gasteiger partial charge in [0.2, 0.25) is 0 Å². The highest BCUT2D eigenvalue weighted by Crippen LogP contribution is 1.98. The molecule has 0 aliphatic rings. The number of carbonyl (C=O) groups is 1. The van der Waals surface area contributed by atoms with Gasteiger partial charge in [-0.05, 0) is 6.42 Å². The Balaban J connectivity index is 2.41. The van der Waals surface area contributed by atoms with Gasteiger partial charge in [0.1, 0.15) is 15.5 Å². The molecule has 1 aromatic rings. The van der Waals surface area contributed by atoms with E-state index in [9.17, 15) is 13.2 Å². The molecule has 0 saturated heterocycles. The first kappa shape index (κ1) is 11.9. The largest absolute Gasteiger partial charge is 0.337 e. The number of aldehydes is 1. The number of rotatable bonds is 6. The molecule has 84 valence electrons. The average Bonchev–Trinajstić information content (AvgIpc) is 2.66. The molecule has 0 saturated carbocycles. The van der Waals surface area contributed by atoms with Gasteiger partial charge < -0.3 is 4.57 Å². The van der Waals surface area contributed by atoms with Gasteiger partial charge >= 0.3 is 0 Å². The predicted octanol–water partition coefficient (Wildman–Crippen LogP) is 0.520. The summed E-state index contributed by atoms with van der Waals surface area (Å²) < 4.78 is 24.1. The zero-order valence-electron chi connectivity index (χ0n) is 8.59. The molecule has 1 rings (SSSR count). The van der Waals surface area contributed by atoms with Crippen LogP contribution in [0.4, 0.5) is 0 Å². The number of aromatic nitrogens is 2. The molecule has 0 aromatic carbocycles. The molecule has 0 N–H and O–H groups in total. The van der Waals surface area contributed by atoms with Crippen LogP contribution in [0, 0.1) is 0 Å². The highest BCUT2D eigenvalue weighted by molar-refractivity contribution is 7.91. The SMILES string of the molecule is CCS(=O)(=O)CCCn1cnc(C=O)c1. The van der Waals surface area contributed by atoms with Crippen molar-refractivity contribution < 1.29 is 13.2 Å². The van der Waals surface area contributed by atoms with Crippen molar-refractivity contribution in [3.8, 4) is 0 Å². The van der Waals surface area contributed by atoms with Crippen LogP contribution >= 0.6 is 0 Å². The maximum absolute atomic E-state index is 11.2. The number of hydrogen-bond donors (Lipinski definition) is 0. The fourth-order valence-electron chi connectivity index (χ4n) is 1.17. The van der Waals surface area contributed by atoms with Crippen molar-refractivity contribution in [1.29, 1.82) is 0 Å². The number of imidazole rings is 1. The van der Waals surface area contributed by atoms with Gasteiger partial charge in [0.15, 0.2) is 6.29 Å². The van der Waals surface area contributed by atoms with Crippen LogP contribution in [0.15, 0.2) is 12.5 Å². The molecule has 1 heterocycles. The molecule has 0 atom stereocenters. The van der Waals surface area contributed by atoms with Crippen molar-refractivity contribution in [2.45, 2.75) is 19.9 Å². The van der Waals surface area contributed by atoms with Crippen LogP contribution in [-0.2, 0) is 16.4 Å². The second-order valence-corrected chi connectivity index (χ2v) is 5.72. The maximum atomic E-state index is 11.2. The van der Waals surface area contributed by atoms with E-state index in [1.165, 1.54) is 6.33 Å². The first-order chi connectivity index (χ1) is 7.07. The minimum atomic E-state index is -2.89. The van der Waals surface area contributed by atoms with E-state index >= 15 is 0 Å². The summed E-state index contributed by atoms with van der Waals surface area (Å²) >= 11 is 0. The van der Waals surface area contributed by atoms with Gasteiger partial charge in [-0.1, -0.05) is 6.92 Å². The lowest BCUT2D eigenvalue weighted by molar-refractivity contribution is 0.111. The Morgan fingerprint density at radius 1 is 1.53 bits per heavy atom. The van der Waals surface area contributed by atoms with Crippen molar-refractivity contribution in [3.05, 3.63) is 18.2 Å². The highest BCUT2D eigenvalue weighted by Gasteiger charge is 2.06. The summed E-state index contributed by atoms with van der Waals surface area (Å²) in [6, 6.07) is 0. The summed E-state index contributed by atoms with van der Waals surface area (Å²) in [5.41, 5.74) is 0.369. The highest BCUT2D eigenvalue weighted by atomic mass is 32.2. The van der Waals surface area contributed by atoms with Gasteiger partial charge in [-0.25, -0.2) is 13.4 Å². The van der Waals surface area contributed by atoms with Gasteiger partial charge in [-0.2, -0.15) is 0 Å². The quantitative estimate of drug-likeness (QED) is 0.668. The fourth-order valence-corrected chi connectivity index (χ4v) is 2.03. The summed E-state index contributed by atoms with van der Waals surface area (Å²) in [4.78, 5) is 14.1. The summed E-state index contributed by atoms with van der Waals surface area (Å²) in [5, 5.41) is 0. The molecule has 0 spiro atoms. The van der Waals surface area contributed by atoms with E-state index in [0.29, 0.717) is 24.9 Å². The Bertz CT molecular complexity index is 422. The zero-order valence-corrected chi connectivity index (χ0v) is 9.40. The normalized spacial score (nSPS) is 11.5. The van der Waals surface area contributed by atoms with Crippen molar-refractivity contribution in [2.24, 2.45) is 0 Å². The standard InChI is InChI=1S/C9H14N2O3S/c1-2-15(13,14)5-3-4-11-6-9(7-12)10-8-11/h6-8H,2-5H2,1H3. The molecular weight excluding hydrogens is 216 g/mol. The van der Waals surface area contributed by atoms with Crippen molar-refractivity contribution in [3.63, 3.8) is 0 Å². The maximum Gasteiger partial charge on any atom is 0.169 e. The predicted molar refractivity (Wildman–Crippen MR) is 56.6 cm³/mol. The topological polar surface area (TPSA) is 69.0 Å². The molecule has 5 nitrogen and oxygen atoms in total. The summed E-state index contributed by atoms with van der Waals surface area (Å²) in [6.07, 6.45) is 4.35. The van der Waals surface area contributed by atoms with Gasteiger partial charge in [0.25, 0.3) is 0 Å². The van der Waals surface area contributed by atoms with Crippen LogP contribution in [0.2, 0.25) is 0 Å². The molecule has 0 aliphatic carbocycles. The van der Waals surface area contributed by atoms with E-state index in [-0.39, 0.29) is 11.5 Å². The molecule has 0 aliphatic heterocycles. The molecule has 0 fully saturated rings. The van der Waals surface area contributed by atoms with E-state index in [0.717, 1.165) is 0 Å². The van der Waals surface area contributed by atoms with E-state index in [4.69, 9.17) is 0 Å². The summed E-state index contributed by atoms with van der Waals surface area (Å²) in [7, 11) is -2.89. The minimum absolute atomic E-state index is 0.177. The van der Waals surface area contributed by atoms with Crippen LogP contribution in [0.5, 0.6) is 0 Å². The van der Waals surface area contributed by atoms with Crippen LogP contribution in [0.3, 0.4) is 0 Å². The molecule has 0 unspecified atom stereocenters. The van der Waals surface area contributed by atoms with Crippen LogP contribution in [-0.4, -0.2) is 35.8 Å². The monoisotopic (exact) mass is 230 g/mol.